The predicted octanol–water partition coefficient (Wildman–Crippen LogP) is 3.16. The van der Waals surface area contributed by atoms with Gasteiger partial charge in [-0.05, 0) is 38.0 Å². The van der Waals surface area contributed by atoms with E-state index in [0.29, 0.717) is 12.1 Å². The average Bonchev–Trinajstić information content (AvgIpc) is 2.63. The smallest absolute Gasteiger partial charge is 0.207 e. The maximum atomic E-state index is 12.7. The van der Waals surface area contributed by atoms with Gasteiger partial charge in [-0.2, -0.15) is 9.57 Å². The monoisotopic (exact) mass is 312 g/mol. The predicted molar refractivity (Wildman–Crippen MR) is 78.0 cm³/mol. The Morgan fingerprint density at radius 2 is 2.10 bits per heavy atom. The van der Waals surface area contributed by atoms with Crippen LogP contribution in [0.4, 0.5) is 0 Å². The van der Waals surface area contributed by atoms with E-state index in [0.717, 1.165) is 25.7 Å². The second-order valence-corrected chi connectivity index (χ2v) is 7.34. The molecule has 0 amide bonds. The number of sulfonamides is 1. The van der Waals surface area contributed by atoms with E-state index in [9.17, 15) is 8.42 Å². The molecule has 108 valence electrons. The van der Waals surface area contributed by atoms with Gasteiger partial charge in [0.2, 0.25) is 10.0 Å². The van der Waals surface area contributed by atoms with Crippen LogP contribution in [-0.4, -0.2) is 25.3 Å². The second kappa shape index (κ2) is 6.13. The van der Waals surface area contributed by atoms with Gasteiger partial charge < -0.3 is 0 Å². The first-order valence-corrected chi connectivity index (χ1v) is 8.50. The summed E-state index contributed by atoms with van der Waals surface area (Å²) in [6.45, 7) is 2.46. The van der Waals surface area contributed by atoms with Gasteiger partial charge in [0.1, 0.15) is 4.90 Å². The molecule has 6 heteroatoms. The molecule has 0 spiro atoms. The summed E-state index contributed by atoms with van der Waals surface area (Å²) in [4.78, 5) is 0.0897. The van der Waals surface area contributed by atoms with Crippen molar-refractivity contribution in [2.75, 3.05) is 6.54 Å². The van der Waals surface area contributed by atoms with Crippen LogP contribution in [0.3, 0.4) is 0 Å². The molecule has 1 aromatic rings. The number of hydrogen-bond donors (Lipinski definition) is 0. The van der Waals surface area contributed by atoms with Gasteiger partial charge in [0.05, 0.1) is 16.7 Å². The molecule has 1 fully saturated rings. The first-order chi connectivity index (χ1) is 9.46. The molecule has 2 rings (SSSR count). The zero-order chi connectivity index (χ0) is 14.8. The lowest BCUT2D eigenvalue weighted by Gasteiger charge is -2.26. The molecule has 1 aliphatic heterocycles. The molecule has 1 aromatic carbocycles. The third kappa shape index (κ3) is 2.98. The van der Waals surface area contributed by atoms with Crippen LogP contribution in [0.2, 0.25) is 5.02 Å². The number of halogens is 1. The third-order valence-corrected chi connectivity index (χ3v) is 6.14. The Bertz CT molecular complexity index is 637. The molecule has 0 N–H and O–H groups in total. The maximum absolute atomic E-state index is 12.7. The highest BCUT2D eigenvalue weighted by Crippen LogP contribution is 2.29. The molecule has 1 atom stereocenters. The van der Waals surface area contributed by atoms with Crippen LogP contribution in [0, 0.1) is 11.3 Å². The summed E-state index contributed by atoms with van der Waals surface area (Å²) >= 11 is 6.04. The van der Waals surface area contributed by atoms with E-state index in [4.69, 9.17) is 16.9 Å². The maximum Gasteiger partial charge on any atom is 0.244 e. The van der Waals surface area contributed by atoms with Crippen molar-refractivity contribution in [1.82, 2.24) is 4.31 Å². The van der Waals surface area contributed by atoms with Gasteiger partial charge in [-0.15, -0.1) is 0 Å². The minimum absolute atomic E-state index is 0.0192. The minimum Gasteiger partial charge on any atom is -0.207 e. The SMILES string of the molecule is CC1CCCCCN1S(=O)(=O)c1ccc(C#N)cc1Cl. The van der Waals surface area contributed by atoms with Crippen LogP contribution in [0.15, 0.2) is 23.1 Å². The second-order valence-electron chi connectivity index (χ2n) is 5.07. The number of nitrogens with zero attached hydrogens (tertiary/aromatic N) is 2. The summed E-state index contributed by atoms with van der Waals surface area (Å²) < 4.78 is 27.0. The van der Waals surface area contributed by atoms with Gasteiger partial charge in [0.15, 0.2) is 0 Å². The number of nitriles is 1. The number of hydrogen-bond acceptors (Lipinski definition) is 3. The highest BCUT2D eigenvalue weighted by atomic mass is 35.5. The molecule has 20 heavy (non-hydrogen) atoms. The van der Waals surface area contributed by atoms with Crippen LogP contribution in [0.1, 0.15) is 38.2 Å². The van der Waals surface area contributed by atoms with Gasteiger partial charge >= 0.3 is 0 Å². The van der Waals surface area contributed by atoms with Gasteiger partial charge in [-0.25, -0.2) is 8.42 Å². The third-order valence-electron chi connectivity index (χ3n) is 3.64. The highest BCUT2D eigenvalue weighted by molar-refractivity contribution is 7.89. The van der Waals surface area contributed by atoms with Gasteiger partial charge in [0.25, 0.3) is 0 Å². The molecule has 1 heterocycles. The zero-order valence-electron chi connectivity index (χ0n) is 11.3. The average molecular weight is 313 g/mol. The van der Waals surface area contributed by atoms with Crippen LogP contribution >= 0.6 is 11.6 Å². The van der Waals surface area contributed by atoms with Crippen molar-refractivity contribution in [2.24, 2.45) is 0 Å². The lowest BCUT2D eigenvalue weighted by atomic mass is 10.1. The molecule has 4 nitrogen and oxygen atoms in total. The number of benzene rings is 1. The topological polar surface area (TPSA) is 61.2 Å². The summed E-state index contributed by atoms with van der Waals surface area (Å²) in [7, 11) is -3.60. The van der Waals surface area contributed by atoms with Crippen molar-refractivity contribution in [1.29, 1.82) is 5.26 Å². The molecule has 0 aliphatic carbocycles. The van der Waals surface area contributed by atoms with Crippen LogP contribution in [0.5, 0.6) is 0 Å². The minimum atomic E-state index is -3.60. The lowest BCUT2D eigenvalue weighted by molar-refractivity contribution is 0.342. The van der Waals surface area contributed by atoms with Crippen molar-refractivity contribution in [3.8, 4) is 6.07 Å². The van der Waals surface area contributed by atoms with Crippen molar-refractivity contribution in [3.63, 3.8) is 0 Å². The van der Waals surface area contributed by atoms with E-state index in [1.807, 2.05) is 13.0 Å². The van der Waals surface area contributed by atoms with Crippen LogP contribution in [0.25, 0.3) is 0 Å². The zero-order valence-corrected chi connectivity index (χ0v) is 12.9. The fraction of sp³-hybridized carbons (Fsp3) is 0.500. The Hall–Kier alpha value is -1.09. The van der Waals surface area contributed by atoms with Crippen LogP contribution < -0.4 is 0 Å². The first kappa shape index (κ1) is 15.3. The largest absolute Gasteiger partial charge is 0.244 e. The van der Waals surface area contributed by atoms with Crippen molar-refractivity contribution in [3.05, 3.63) is 28.8 Å². The molecule has 0 aromatic heterocycles. The Labute approximate surface area is 125 Å². The molecular formula is C14H17ClN2O2S. The molecule has 1 aliphatic rings. The molecular weight excluding hydrogens is 296 g/mol. The van der Waals surface area contributed by atoms with Crippen molar-refractivity contribution >= 4 is 21.6 Å². The van der Waals surface area contributed by atoms with E-state index in [1.165, 1.54) is 22.5 Å². The van der Waals surface area contributed by atoms with E-state index in [-0.39, 0.29) is 16.0 Å². The summed E-state index contributed by atoms with van der Waals surface area (Å²) in [6.07, 6.45) is 3.84. The Kier molecular flexibility index (Phi) is 4.69. The van der Waals surface area contributed by atoms with E-state index in [2.05, 4.69) is 0 Å². The normalized spacial score (nSPS) is 21.1. The van der Waals surface area contributed by atoms with Crippen LogP contribution in [-0.2, 0) is 10.0 Å². The summed E-state index contributed by atoms with van der Waals surface area (Å²) in [5, 5.41) is 8.93. The van der Waals surface area contributed by atoms with Crippen molar-refractivity contribution < 1.29 is 8.42 Å². The molecule has 0 bridgehead atoms. The molecule has 1 saturated heterocycles. The summed E-state index contributed by atoms with van der Waals surface area (Å²) in [5.41, 5.74) is 0.359. The van der Waals surface area contributed by atoms with Crippen molar-refractivity contribution in [2.45, 2.75) is 43.5 Å². The highest BCUT2D eigenvalue weighted by Gasteiger charge is 2.31. The van der Waals surface area contributed by atoms with Gasteiger partial charge in [-0.3, -0.25) is 0 Å². The molecule has 1 unspecified atom stereocenters. The van der Waals surface area contributed by atoms with E-state index < -0.39 is 10.0 Å². The van der Waals surface area contributed by atoms with E-state index >= 15 is 0 Å². The number of rotatable bonds is 2. The van der Waals surface area contributed by atoms with Gasteiger partial charge in [-0.1, -0.05) is 24.4 Å². The molecule has 0 saturated carbocycles. The Balaban J connectivity index is 2.41. The Morgan fingerprint density at radius 3 is 2.75 bits per heavy atom. The summed E-state index contributed by atoms with van der Waals surface area (Å²) in [6, 6.07) is 6.24. The quantitative estimate of drug-likeness (QED) is 0.842. The molecule has 0 radical (unpaired) electrons. The van der Waals surface area contributed by atoms with Gasteiger partial charge in [0, 0.05) is 12.6 Å². The lowest BCUT2D eigenvalue weighted by Crippen LogP contribution is -2.38. The fourth-order valence-electron chi connectivity index (χ4n) is 2.51. The fourth-order valence-corrected chi connectivity index (χ4v) is 4.73. The first-order valence-electron chi connectivity index (χ1n) is 6.68. The van der Waals surface area contributed by atoms with E-state index in [1.54, 1.807) is 0 Å². The standard InChI is InChI=1S/C14H17ClN2O2S/c1-11-5-3-2-4-8-17(11)20(18,19)14-7-6-12(10-16)9-13(14)15/h6-7,9,11H,2-5,8H2,1H3. The Morgan fingerprint density at radius 1 is 1.35 bits per heavy atom. The summed E-state index contributed by atoms with van der Waals surface area (Å²) in [5.74, 6) is 0.